The Morgan fingerprint density at radius 2 is 2.20 bits per heavy atom. The van der Waals surface area contributed by atoms with Crippen molar-refractivity contribution in [1.82, 2.24) is 0 Å². The van der Waals surface area contributed by atoms with Crippen LogP contribution < -0.4 is 0 Å². The molecule has 0 atom stereocenters. The molecule has 0 aromatic rings. The highest BCUT2D eigenvalue weighted by Crippen LogP contribution is 2.07. The fourth-order valence-corrected chi connectivity index (χ4v) is 0.120. The summed E-state index contributed by atoms with van der Waals surface area (Å²) in [5.41, 5.74) is 0. The van der Waals surface area contributed by atoms with Gasteiger partial charge in [0.05, 0.1) is 0 Å². The van der Waals surface area contributed by atoms with E-state index in [1.807, 2.05) is 0 Å². The van der Waals surface area contributed by atoms with Crippen LogP contribution in [0.4, 0.5) is 0 Å². The Morgan fingerprint density at radius 3 is 2.20 bits per heavy atom. The maximum Gasteiger partial charge on any atom is 0.128 e. The van der Waals surface area contributed by atoms with Crippen LogP contribution in [0.2, 0.25) is 0 Å². The molecule has 0 aromatic carbocycles. The lowest BCUT2D eigenvalue weighted by Gasteiger charge is -1.60. The van der Waals surface area contributed by atoms with E-state index in [0.29, 0.717) is 0 Å². The molecule has 0 heterocycles. The molecule has 0 unspecified atom stereocenters. The van der Waals surface area contributed by atoms with Gasteiger partial charge in [-0.15, -0.1) is 4.91 Å². The van der Waals surface area contributed by atoms with E-state index in [2.05, 4.69) is 5.18 Å². The summed E-state index contributed by atoms with van der Waals surface area (Å²) in [4.78, 5) is 9.25. The van der Waals surface area contributed by atoms with Gasteiger partial charge in [-0.05, 0) is 0 Å². The molecule has 0 N–H and O–H groups in total. The minimum absolute atomic E-state index is 0.0463. The predicted molar refractivity (Wildman–Crippen MR) is 18.7 cm³/mol. The van der Waals surface area contributed by atoms with Crippen LogP contribution in [0.3, 0.4) is 0 Å². The van der Waals surface area contributed by atoms with Gasteiger partial charge in [0.2, 0.25) is 0 Å². The fraction of sp³-hybridized carbons (Fsp3) is 0.333. The van der Waals surface area contributed by atoms with Gasteiger partial charge < -0.3 is 0 Å². The molecule has 0 radical (unpaired) electrons. The summed E-state index contributed by atoms with van der Waals surface area (Å²) in [6.07, 6.45) is 3.49. The van der Waals surface area contributed by atoms with Gasteiger partial charge in [0.15, 0.2) is 0 Å². The molecule has 2 heteroatoms. The molecule has 26 valence electrons. The van der Waals surface area contributed by atoms with Crippen molar-refractivity contribution < 1.29 is 0 Å². The average molecular weight is 69.1 g/mol. The lowest BCUT2D eigenvalue weighted by atomic mass is 10.7. The first kappa shape index (κ1) is 2.57. The summed E-state index contributed by atoms with van der Waals surface area (Å²) in [6.45, 7) is 0. The van der Waals surface area contributed by atoms with Gasteiger partial charge in [-0.3, -0.25) is 0 Å². The van der Waals surface area contributed by atoms with E-state index >= 15 is 0 Å². The lowest BCUT2D eigenvalue weighted by Crippen LogP contribution is -1.65. The standard InChI is InChI=1S/C3H3NO/c5-4-3-1-2-3/h1-3H. The van der Waals surface area contributed by atoms with E-state index in [9.17, 15) is 4.91 Å². The van der Waals surface area contributed by atoms with E-state index in [0.717, 1.165) is 0 Å². The van der Waals surface area contributed by atoms with Crippen molar-refractivity contribution >= 4 is 0 Å². The Labute approximate surface area is 29.5 Å². The van der Waals surface area contributed by atoms with Gasteiger partial charge in [0.1, 0.15) is 6.04 Å². The highest BCUT2D eigenvalue weighted by Gasteiger charge is 2.07. The summed E-state index contributed by atoms with van der Waals surface area (Å²) in [5, 5.41) is 2.64. The van der Waals surface area contributed by atoms with Gasteiger partial charge in [0.25, 0.3) is 0 Å². The smallest absolute Gasteiger partial charge is 0.128 e. The third-order valence-corrected chi connectivity index (χ3v) is 0.486. The molecule has 0 saturated carbocycles. The highest BCUT2D eigenvalue weighted by atomic mass is 16.3. The van der Waals surface area contributed by atoms with E-state index in [4.69, 9.17) is 0 Å². The van der Waals surface area contributed by atoms with Crippen LogP contribution in [0.15, 0.2) is 17.3 Å². The first-order valence-electron chi connectivity index (χ1n) is 1.44. The number of nitrogens with zero attached hydrogens (tertiary/aromatic N) is 1. The largest absolute Gasteiger partial charge is 0.150 e. The minimum atomic E-state index is -0.0463. The quantitative estimate of drug-likeness (QED) is 0.329. The molecule has 0 aliphatic heterocycles. The third-order valence-electron chi connectivity index (χ3n) is 0.486. The zero-order valence-corrected chi connectivity index (χ0v) is 2.59. The maximum atomic E-state index is 9.25. The molecule has 2 nitrogen and oxygen atoms in total. The van der Waals surface area contributed by atoms with E-state index in [1.165, 1.54) is 0 Å². The molecule has 0 saturated heterocycles. The summed E-state index contributed by atoms with van der Waals surface area (Å²) >= 11 is 0. The maximum absolute atomic E-state index is 9.25. The molecule has 0 aromatic heterocycles. The summed E-state index contributed by atoms with van der Waals surface area (Å²) in [7, 11) is 0. The minimum Gasteiger partial charge on any atom is -0.150 e. The molecular weight excluding hydrogens is 66.0 g/mol. The van der Waals surface area contributed by atoms with Crippen LogP contribution in [0.1, 0.15) is 0 Å². The molecule has 5 heavy (non-hydrogen) atoms. The molecule has 1 aliphatic carbocycles. The average Bonchev–Trinajstić information content (AvgIpc) is 2.12. The predicted octanol–water partition coefficient (Wildman–Crippen LogP) is 0.691. The highest BCUT2D eigenvalue weighted by molar-refractivity contribution is 5.19. The zero-order valence-electron chi connectivity index (χ0n) is 2.59. The van der Waals surface area contributed by atoms with Crippen molar-refractivity contribution in [2.24, 2.45) is 5.18 Å². The van der Waals surface area contributed by atoms with Crippen molar-refractivity contribution in [3.63, 3.8) is 0 Å². The van der Waals surface area contributed by atoms with Crippen LogP contribution in [0, 0.1) is 4.91 Å². The second-order valence-corrected chi connectivity index (χ2v) is 0.981. The molecule has 1 aliphatic rings. The van der Waals surface area contributed by atoms with E-state index in [-0.39, 0.29) is 6.04 Å². The topological polar surface area (TPSA) is 29.4 Å². The van der Waals surface area contributed by atoms with Crippen LogP contribution in [-0.2, 0) is 0 Å². The summed E-state index contributed by atoms with van der Waals surface area (Å²) in [6, 6.07) is -0.0463. The SMILES string of the molecule is O=NC1C=C1. The summed E-state index contributed by atoms with van der Waals surface area (Å²) in [5.74, 6) is 0. The lowest BCUT2D eigenvalue weighted by molar-refractivity contribution is 1.14. The number of hydrogen-bond donors (Lipinski definition) is 0. The van der Waals surface area contributed by atoms with Gasteiger partial charge in [-0.25, -0.2) is 0 Å². The van der Waals surface area contributed by atoms with Gasteiger partial charge in [0, 0.05) is 0 Å². The number of hydrogen-bond acceptors (Lipinski definition) is 2. The van der Waals surface area contributed by atoms with Gasteiger partial charge in [-0.2, -0.15) is 0 Å². The Morgan fingerprint density at radius 1 is 1.60 bits per heavy atom. The van der Waals surface area contributed by atoms with Crippen molar-refractivity contribution in [3.05, 3.63) is 17.1 Å². The first-order valence-corrected chi connectivity index (χ1v) is 1.44. The normalized spacial score (nSPS) is 19.2. The zero-order chi connectivity index (χ0) is 3.70. The molecule has 0 fully saturated rings. The van der Waals surface area contributed by atoms with Gasteiger partial charge in [-0.1, -0.05) is 17.3 Å². The molecule has 0 amide bonds. The first-order chi connectivity index (χ1) is 2.43. The van der Waals surface area contributed by atoms with Gasteiger partial charge >= 0.3 is 0 Å². The van der Waals surface area contributed by atoms with Crippen LogP contribution in [-0.4, -0.2) is 6.04 Å². The van der Waals surface area contributed by atoms with E-state index < -0.39 is 0 Å². The Bertz CT molecular complexity index is 71.0. The van der Waals surface area contributed by atoms with Crippen molar-refractivity contribution in [1.29, 1.82) is 0 Å². The van der Waals surface area contributed by atoms with Crippen molar-refractivity contribution in [2.45, 2.75) is 6.04 Å². The monoisotopic (exact) mass is 69.0 g/mol. The summed E-state index contributed by atoms with van der Waals surface area (Å²) < 4.78 is 0. The Kier molecular flexibility index (Phi) is 0.330. The molecule has 1 rings (SSSR count). The van der Waals surface area contributed by atoms with Crippen LogP contribution in [0.25, 0.3) is 0 Å². The Balaban J connectivity index is 2.28. The number of nitroso groups, excluding NO2 is 1. The van der Waals surface area contributed by atoms with Crippen molar-refractivity contribution in [2.75, 3.05) is 0 Å². The fourth-order valence-electron chi connectivity index (χ4n) is 0.120. The third kappa shape index (κ3) is 0.318. The van der Waals surface area contributed by atoms with E-state index in [1.54, 1.807) is 12.2 Å². The molecule has 0 bridgehead atoms. The Hall–Kier alpha value is -0.660. The second kappa shape index (κ2) is 0.641. The van der Waals surface area contributed by atoms with Crippen LogP contribution >= 0.6 is 0 Å². The number of rotatable bonds is 1. The van der Waals surface area contributed by atoms with Crippen molar-refractivity contribution in [3.8, 4) is 0 Å². The second-order valence-electron chi connectivity index (χ2n) is 0.981. The molecular formula is C3H3NO. The van der Waals surface area contributed by atoms with Crippen LogP contribution in [0.5, 0.6) is 0 Å². The molecule has 0 spiro atoms.